The van der Waals surface area contributed by atoms with E-state index in [-0.39, 0.29) is 5.38 Å². The second-order valence-electron chi connectivity index (χ2n) is 1.62. The zero-order valence-electron chi connectivity index (χ0n) is 4.65. The molecule has 1 unspecified atom stereocenters. The van der Waals surface area contributed by atoms with E-state index >= 15 is 0 Å². The van der Waals surface area contributed by atoms with E-state index in [1.165, 1.54) is 0 Å². The van der Waals surface area contributed by atoms with Crippen molar-refractivity contribution in [2.24, 2.45) is 0 Å². The average Bonchev–Trinajstić information content (AvgIpc) is 1.68. The standard InChI is InChI=1S/C5H10BCl/c1-2-3-5(7)4-6/h5H,2-4H2,1H3. The van der Waals surface area contributed by atoms with Crippen molar-refractivity contribution < 1.29 is 0 Å². The van der Waals surface area contributed by atoms with Gasteiger partial charge in [-0.1, -0.05) is 19.7 Å². The van der Waals surface area contributed by atoms with Crippen LogP contribution in [0.4, 0.5) is 0 Å². The van der Waals surface area contributed by atoms with Crippen molar-refractivity contribution in [3.8, 4) is 0 Å². The summed E-state index contributed by atoms with van der Waals surface area (Å²) in [5.74, 6) is 0. The van der Waals surface area contributed by atoms with Crippen LogP contribution in [0, 0.1) is 0 Å². The van der Waals surface area contributed by atoms with Crippen LogP contribution in [0.25, 0.3) is 0 Å². The maximum Gasteiger partial charge on any atom is 0.0672 e. The van der Waals surface area contributed by atoms with Crippen LogP contribution >= 0.6 is 11.6 Å². The van der Waals surface area contributed by atoms with Crippen molar-refractivity contribution >= 4 is 19.4 Å². The summed E-state index contributed by atoms with van der Waals surface area (Å²) < 4.78 is 0. The first kappa shape index (κ1) is 7.35. The molecule has 0 nitrogen and oxygen atoms in total. The lowest BCUT2D eigenvalue weighted by molar-refractivity contribution is 0.779. The minimum Gasteiger partial charge on any atom is -0.124 e. The highest BCUT2D eigenvalue weighted by Crippen LogP contribution is 2.06. The van der Waals surface area contributed by atoms with Crippen LogP contribution in [0.2, 0.25) is 6.32 Å². The smallest absolute Gasteiger partial charge is 0.0672 e. The molecule has 0 N–H and O–H groups in total. The number of rotatable bonds is 3. The first-order chi connectivity index (χ1) is 3.31. The topological polar surface area (TPSA) is 0 Å². The van der Waals surface area contributed by atoms with Gasteiger partial charge < -0.3 is 0 Å². The Morgan fingerprint density at radius 3 is 2.43 bits per heavy atom. The van der Waals surface area contributed by atoms with Crippen molar-refractivity contribution in [1.29, 1.82) is 0 Å². The summed E-state index contributed by atoms with van der Waals surface area (Å²) in [5.41, 5.74) is 0. The molecule has 0 heterocycles. The molecule has 0 aliphatic carbocycles. The maximum atomic E-state index is 5.64. The van der Waals surface area contributed by atoms with Crippen molar-refractivity contribution in [2.45, 2.75) is 31.5 Å². The van der Waals surface area contributed by atoms with Gasteiger partial charge in [0.1, 0.15) is 0 Å². The van der Waals surface area contributed by atoms with Crippen molar-refractivity contribution in [2.75, 3.05) is 0 Å². The fourth-order valence-electron chi connectivity index (χ4n) is 0.431. The summed E-state index contributed by atoms with van der Waals surface area (Å²) in [5, 5.41) is 0.199. The van der Waals surface area contributed by atoms with Gasteiger partial charge in [0.15, 0.2) is 0 Å². The third-order valence-electron chi connectivity index (χ3n) is 0.858. The highest BCUT2D eigenvalue weighted by molar-refractivity contribution is 6.25. The second kappa shape index (κ2) is 4.51. The summed E-state index contributed by atoms with van der Waals surface area (Å²) in [6, 6.07) is 0. The summed E-state index contributed by atoms with van der Waals surface area (Å²) in [6.07, 6.45) is 2.78. The molecule has 0 amide bonds. The first-order valence-corrected chi connectivity index (χ1v) is 3.09. The van der Waals surface area contributed by atoms with E-state index < -0.39 is 0 Å². The third-order valence-corrected chi connectivity index (χ3v) is 1.25. The lowest BCUT2D eigenvalue weighted by Gasteiger charge is -2.00. The van der Waals surface area contributed by atoms with Gasteiger partial charge in [-0.25, -0.2) is 0 Å². The summed E-state index contributed by atoms with van der Waals surface area (Å²) in [6.45, 7) is 2.10. The van der Waals surface area contributed by atoms with Crippen molar-refractivity contribution in [3.05, 3.63) is 0 Å². The molecule has 0 aromatic heterocycles. The van der Waals surface area contributed by atoms with Crippen LogP contribution in [0.3, 0.4) is 0 Å². The number of halogens is 1. The van der Waals surface area contributed by atoms with Crippen LogP contribution in [-0.4, -0.2) is 13.2 Å². The molecule has 7 heavy (non-hydrogen) atoms. The van der Waals surface area contributed by atoms with E-state index in [9.17, 15) is 0 Å². The molecule has 0 aromatic rings. The number of hydrogen-bond donors (Lipinski definition) is 0. The summed E-state index contributed by atoms with van der Waals surface area (Å²) >= 11 is 5.64. The molecular weight excluding hydrogens is 106 g/mol. The zero-order chi connectivity index (χ0) is 5.70. The predicted molar refractivity (Wildman–Crippen MR) is 35.1 cm³/mol. The molecule has 0 aromatic carbocycles. The SMILES string of the molecule is [B]CC(Cl)CCC. The van der Waals surface area contributed by atoms with Gasteiger partial charge in [-0.15, -0.1) is 11.6 Å². The molecule has 0 fully saturated rings. The van der Waals surface area contributed by atoms with Gasteiger partial charge in [0.25, 0.3) is 0 Å². The van der Waals surface area contributed by atoms with E-state index in [0.29, 0.717) is 6.32 Å². The van der Waals surface area contributed by atoms with Gasteiger partial charge in [0, 0.05) is 5.38 Å². The summed E-state index contributed by atoms with van der Waals surface area (Å²) in [4.78, 5) is 0. The summed E-state index contributed by atoms with van der Waals surface area (Å²) in [7, 11) is 5.23. The normalized spacial score (nSPS) is 14.0. The molecule has 40 valence electrons. The Morgan fingerprint density at radius 2 is 2.29 bits per heavy atom. The average molecular weight is 116 g/mol. The molecule has 0 rings (SSSR count). The Hall–Kier alpha value is 0.355. The lowest BCUT2D eigenvalue weighted by Crippen LogP contribution is -1.94. The highest BCUT2D eigenvalue weighted by atomic mass is 35.5. The molecule has 0 aliphatic rings. The van der Waals surface area contributed by atoms with Gasteiger partial charge in [0.2, 0.25) is 0 Å². The second-order valence-corrected chi connectivity index (χ2v) is 2.24. The van der Waals surface area contributed by atoms with Crippen molar-refractivity contribution in [3.63, 3.8) is 0 Å². The fourth-order valence-corrected chi connectivity index (χ4v) is 0.649. The fraction of sp³-hybridized carbons (Fsp3) is 1.00. The Kier molecular flexibility index (Phi) is 4.74. The molecule has 1 atom stereocenters. The Morgan fingerprint density at radius 1 is 1.71 bits per heavy atom. The largest absolute Gasteiger partial charge is 0.124 e. The molecule has 0 saturated heterocycles. The van der Waals surface area contributed by atoms with Gasteiger partial charge >= 0.3 is 0 Å². The van der Waals surface area contributed by atoms with Crippen LogP contribution in [0.15, 0.2) is 0 Å². The quantitative estimate of drug-likeness (QED) is 0.391. The maximum absolute atomic E-state index is 5.64. The molecule has 0 bridgehead atoms. The van der Waals surface area contributed by atoms with Crippen LogP contribution < -0.4 is 0 Å². The molecular formula is C5H10BCl. The van der Waals surface area contributed by atoms with Gasteiger partial charge in [0.05, 0.1) is 7.85 Å². The third kappa shape index (κ3) is 4.20. The van der Waals surface area contributed by atoms with Crippen LogP contribution in [-0.2, 0) is 0 Å². The molecule has 0 aliphatic heterocycles. The van der Waals surface area contributed by atoms with E-state index in [4.69, 9.17) is 19.4 Å². The van der Waals surface area contributed by atoms with Gasteiger partial charge in [-0.3, -0.25) is 0 Å². The van der Waals surface area contributed by atoms with Gasteiger partial charge in [-0.05, 0) is 6.42 Å². The molecule has 2 heteroatoms. The van der Waals surface area contributed by atoms with E-state index in [2.05, 4.69) is 6.92 Å². The highest BCUT2D eigenvalue weighted by Gasteiger charge is 1.95. The first-order valence-electron chi connectivity index (χ1n) is 2.65. The van der Waals surface area contributed by atoms with E-state index in [1.54, 1.807) is 0 Å². The minimum atomic E-state index is 0.199. The van der Waals surface area contributed by atoms with Gasteiger partial charge in [-0.2, -0.15) is 0 Å². The monoisotopic (exact) mass is 116 g/mol. The molecule has 0 spiro atoms. The number of hydrogen-bond acceptors (Lipinski definition) is 0. The van der Waals surface area contributed by atoms with Crippen molar-refractivity contribution in [1.82, 2.24) is 0 Å². The zero-order valence-corrected chi connectivity index (χ0v) is 5.41. The van der Waals surface area contributed by atoms with E-state index in [1.807, 2.05) is 0 Å². The van der Waals surface area contributed by atoms with E-state index in [0.717, 1.165) is 12.8 Å². The van der Waals surface area contributed by atoms with Crippen LogP contribution in [0.1, 0.15) is 19.8 Å². The Balaban J connectivity index is 2.83. The Bertz CT molecular complexity index is 39.1. The number of alkyl halides is 1. The predicted octanol–water partition coefficient (Wildman–Crippen LogP) is 1.98. The molecule has 0 saturated carbocycles. The Labute approximate surface area is 51.7 Å². The van der Waals surface area contributed by atoms with Crippen LogP contribution in [0.5, 0.6) is 0 Å². The lowest BCUT2D eigenvalue weighted by atomic mass is 9.99. The molecule has 2 radical (unpaired) electrons. The minimum absolute atomic E-state index is 0.199.